The van der Waals surface area contributed by atoms with Crippen molar-refractivity contribution < 1.29 is 23.9 Å². The van der Waals surface area contributed by atoms with E-state index in [2.05, 4.69) is 16.0 Å². The third-order valence-corrected chi connectivity index (χ3v) is 6.22. The van der Waals surface area contributed by atoms with E-state index in [-0.39, 0.29) is 24.2 Å². The summed E-state index contributed by atoms with van der Waals surface area (Å²) in [7, 11) is 1.59. The number of epoxide rings is 1. The van der Waals surface area contributed by atoms with E-state index in [1.807, 2.05) is 68.4 Å². The molecule has 0 unspecified atom stereocenters. The van der Waals surface area contributed by atoms with Crippen molar-refractivity contribution in [3.63, 3.8) is 0 Å². The summed E-state index contributed by atoms with van der Waals surface area (Å²) in [6.07, 6.45) is 0.592. The number of carbonyl (C=O) groups excluding carboxylic acids is 3. The van der Waals surface area contributed by atoms with E-state index in [0.29, 0.717) is 18.8 Å². The Balaban J connectivity index is 1.80. The first-order valence-corrected chi connectivity index (χ1v) is 12.3. The average molecular weight is 496 g/mol. The fraction of sp³-hybridized carbons (Fsp3) is 0.464. The third-order valence-electron chi connectivity index (χ3n) is 6.22. The molecule has 3 N–H and O–H groups in total. The molecule has 4 atom stereocenters. The van der Waals surface area contributed by atoms with Gasteiger partial charge in [0.15, 0.2) is 5.78 Å². The first-order valence-electron chi connectivity index (χ1n) is 12.3. The molecule has 8 heteroatoms. The van der Waals surface area contributed by atoms with Crippen LogP contribution in [0, 0.1) is 0 Å². The van der Waals surface area contributed by atoms with Gasteiger partial charge in [0.05, 0.1) is 25.8 Å². The van der Waals surface area contributed by atoms with Gasteiger partial charge in [-0.2, -0.15) is 0 Å². The Morgan fingerprint density at radius 3 is 2.00 bits per heavy atom. The molecule has 8 nitrogen and oxygen atoms in total. The zero-order valence-corrected chi connectivity index (χ0v) is 21.7. The molecule has 1 aliphatic heterocycles. The Morgan fingerprint density at radius 1 is 0.889 bits per heavy atom. The number of Topliss-reactive ketones (excluding diaryl/α,β-unsaturated/α-hetero) is 1. The van der Waals surface area contributed by atoms with Crippen LogP contribution in [0.3, 0.4) is 0 Å². The minimum atomic E-state index is -0.892. The van der Waals surface area contributed by atoms with Crippen LogP contribution in [-0.2, 0) is 32.0 Å². The summed E-state index contributed by atoms with van der Waals surface area (Å²) in [5.41, 5.74) is 0.881. The predicted molar refractivity (Wildman–Crippen MR) is 138 cm³/mol. The lowest BCUT2D eigenvalue weighted by atomic mass is 9.94. The molecular weight excluding hydrogens is 458 g/mol. The highest BCUT2D eigenvalue weighted by molar-refractivity contribution is 5.98. The molecule has 0 spiro atoms. The first kappa shape index (κ1) is 27.4. The Bertz CT molecular complexity index is 1030. The van der Waals surface area contributed by atoms with Crippen LogP contribution in [0.1, 0.15) is 38.8 Å². The molecule has 0 radical (unpaired) electrons. The monoisotopic (exact) mass is 495 g/mol. The summed E-state index contributed by atoms with van der Waals surface area (Å²) in [5, 5.41) is 8.94. The van der Waals surface area contributed by atoms with E-state index < -0.39 is 29.6 Å². The molecule has 1 heterocycles. The molecule has 3 rings (SSSR count). The molecule has 0 bridgehead atoms. The van der Waals surface area contributed by atoms with Crippen molar-refractivity contribution in [2.24, 2.45) is 0 Å². The van der Waals surface area contributed by atoms with Crippen molar-refractivity contribution in [2.45, 2.75) is 70.3 Å². The number of nitrogens with one attached hydrogen (secondary N) is 3. The van der Waals surface area contributed by atoms with E-state index >= 15 is 0 Å². The summed E-state index contributed by atoms with van der Waals surface area (Å²) in [5.74, 6) is -0.191. The fourth-order valence-corrected chi connectivity index (χ4v) is 4.03. The van der Waals surface area contributed by atoms with Crippen molar-refractivity contribution in [1.29, 1.82) is 0 Å². The summed E-state index contributed by atoms with van der Waals surface area (Å²) < 4.78 is 10.6. The number of amides is 2. The minimum absolute atomic E-state index is 0.103. The highest BCUT2D eigenvalue weighted by Crippen LogP contribution is 2.29. The van der Waals surface area contributed by atoms with Crippen LogP contribution in [0.5, 0.6) is 5.75 Å². The zero-order valence-electron chi connectivity index (χ0n) is 21.7. The summed E-state index contributed by atoms with van der Waals surface area (Å²) in [6.45, 7) is 7.72. The van der Waals surface area contributed by atoms with Gasteiger partial charge in [0.25, 0.3) is 0 Å². The fourth-order valence-electron chi connectivity index (χ4n) is 4.03. The standard InChI is InChI=1S/C28H37N3O5/c1-18(2)29-19(3)26(33)31-24(16-21-11-13-22(35-5)14-12-21)27(34)30-23(25(32)28(4)17-36-28)15-20-9-7-6-8-10-20/h6-14,18-19,23-24,29H,15-17H2,1-5H3,(H,30,34)(H,31,33)/t19-,23-,24-,28+/m0/s1. The Morgan fingerprint density at radius 2 is 1.44 bits per heavy atom. The molecular formula is C28H37N3O5. The van der Waals surface area contributed by atoms with Crippen molar-refractivity contribution in [2.75, 3.05) is 13.7 Å². The first-order chi connectivity index (χ1) is 17.1. The quantitative estimate of drug-likeness (QED) is 0.368. The number of ether oxygens (including phenoxy) is 2. The van der Waals surface area contributed by atoms with Gasteiger partial charge < -0.3 is 25.4 Å². The molecule has 1 saturated heterocycles. The molecule has 2 amide bonds. The molecule has 2 aromatic carbocycles. The maximum Gasteiger partial charge on any atom is 0.243 e. The van der Waals surface area contributed by atoms with Crippen LogP contribution in [0.2, 0.25) is 0 Å². The normalized spacial score (nSPS) is 19.2. The summed E-state index contributed by atoms with van der Waals surface area (Å²) in [4.78, 5) is 39.7. The highest BCUT2D eigenvalue weighted by atomic mass is 16.6. The van der Waals surface area contributed by atoms with Gasteiger partial charge in [0.2, 0.25) is 11.8 Å². The van der Waals surface area contributed by atoms with E-state index in [9.17, 15) is 14.4 Å². The summed E-state index contributed by atoms with van der Waals surface area (Å²) in [6, 6.07) is 14.8. The lowest BCUT2D eigenvalue weighted by Gasteiger charge is -2.26. The largest absolute Gasteiger partial charge is 0.497 e. The van der Waals surface area contributed by atoms with Gasteiger partial charge in [-0.25, -0.2) is 0 Å². The number of methoxy groups -OCH3 is 1. The predicted octanol–water partition coefficient (Wildman–Crippen LogP) is 2.19. The van der Waals surface area contributed by atoms with Crippen LogP contribution in [0.15, 0.2) is 54.6 Å². The molecule has 194 valence electrons. The van der Waals surface area contributed by atoms with E-state index in [1.165, 1.54) is 0 Å². The highest BCUT2D eigenvalue weighted by Gasteiger charge is 2.50. The Labute approximate surface area is 213 Å². The maximum absolute atomic E-state index is 13.5. The molecule has 2 aromatic rings. The van der Waals surface area contributed by atoms with E-state index in [0.717, 1.165) is 11.1 Å². The number of benzene rings is 2. The molecule has 0 aliphatic carbocycles. The second-order valence-electron chi connectivity index (χ2n) is 9.79. The SMILES string of the molecule is COc1ccc(C[C@H](NC(=O)[C@H](C)NC(C)C)C(=O)N[C@@H](Cc2ccccc2)C(=O)[C@@]2(C)CO2)cc1. The van der Waals surface area contributed by atoms with Gasteiger partial charge in [-0.15, -0.1) is 0 Å². The molecule has 36 heavy (non-hydrogen) atoms. The van der Waals surface area contributed by atoms with Gasteiger partial charge >= 0.3 is 0 Å². The Hall–Kier alpha value is -3.23. The van der Waals surface area contributed by atoms with Gasteiger partial charge in [-0.1, -0.05) is 56.3 Å². The third kappa shape index (κ3) is 7.63. The average Bonchev–Trinajstić information content (AvgIpc) is 3.61. The second kappa shape index (κ2) is 12.1. The van der Waals surface area contributed by atoms with Gasteiger partial charge in [-0.3, -0.25) is 14.4 Å². The number of hydrogen-bond acceptors (Lipinski definition) is 6. The molecule has 0 saturated carbocycles. The van der Waals surface area contributed by atoms with E-state index in [4.69, 9.17) is 9.47 Å². The number of rotatable bonds is 13. The van der Waals surface area contributed by atoms with Crippen LogP contribution in [0.25, 0.3) is 0 Å². The van der Waals surface area contributed by atoms with Crippen molar-refractivity contribution in [3.05, 3.63) is 65.7 Å². The second-order valence-corrected chi connectivity index (χ2v) is 9.79. The molecule has 1 fully saturated rings. The minimum Gasteiger partial charge on any atom is -0.497 e. The molecule has 0 aromatic heterocycles. The van der Waals surface area contributed by atoms with Crippen LogP contribution < -0.4 is 20.7 Å². The smallest absolute Gasteiger partial charge is 0.243 e. The van der Waals surface area contributed by atoms with Crippen molar-refractivity contribution in [1.82, 2.24) is 16.0 Å². The van der Waals surface area contributed by atoms with Crippen molar-refractivity contribution >= 4 is 17.6 Å². The van der Waals surface area contributed by atoms with Gasteiger partial charge in [0.1, 0.15) is 17.4 Å². The number of hydrogen-bond donors (Lipinski definition) is 3. The Kier molecular flexibility index (Phi) is 9.23. The topological polar surface area (TPSA) is 109 Å². The van der Waals surface area contributed by atoms with Crippen LogP contribution >= 0.6 is 0 Å². The molecule has 1 aliphatic rings. The van der Waals surface area contributed by atoms with Gasteiger partial charge in [-0.05, 0) is 43.5 Å². The number of ketones is 1. The van der Waals surface area contributed by atoms with Crippen molar-refractivity contribution in [3.8, 4) is 5.75 Å². The zero-order chi connectivity index (χ0) is 26.3. The maximum atomic E-state index is 13.5. The van der Waals surface area contributed by atoms with Crippen LogP contribution in [-0.4, -0.2) is 61.1 Å². The van der Waals surface area contributed by atoms with Crippen LogP contribution in [0.4, 0.5) is 0 Å². The van der Waals surface area contributed by atoms with E-state index in [1.54, 1.807) is 21.0 Å². The lowest BCUT2D eigenvalue weighted by molar-refractivity contribution is -0.133. The lowest BCUT2D eigenvalue weighted by Crippen LogP contribution is -2.57. The number of carbonyl (C=O) groups is 3. The summed E-state index contributed by atoms with van der Waals surface area (Å²) >= 11 is 0. The van der Waals surface area contributed by atoms with Gasteiger partial charge in [0, 0.05) is 12.5 Å².